The molecule has 3 N–H and O–H groups in total. The molecule has 3 heterocycles. The molecule has 2 amide bonds. The fourth-order valence-corrected chi connectivity index (χ4v) is 4.04. The molecule has 0 radical (unpaired) electrons. The Hall–Kier alpha value is -2.87. The minimum atomic E-state index is -0.195. The molecule has 2 aliphatic heterocycles. The molecule has 0 atom stereocenters. The molecule has 2 aromatic rings. The number of benzene rings is 1. The Morgan fingerprint density at radius 1 is 1.06 bits per heavy atom. The van der Waals surface area contributed by atoms with Crippen molar-refractivity contribution in [1.82, 2.24) is 19.8 Å². The van der Waals surface area contributed by atoms with Crippen LogP contribution in [0.15, 0.2) is 24.3 Å². The highest BCUT2D eigenvalue weighted by Crippen LogP contribution is 2.29. The molecule has 166 valence electrons. The lowest BCUT2D eigenvalue weighted by atomic mass is 10.1. The average molecular weight is 425 g/mol. The number of urea groups is 1. The highest BCUT2D eigenvalue weighted by molar-refractivity contribution is 5.94. The number of hydrogen-bond acceptors (Lipinski definition) is 6. The van der Waals surface area contributed by atoms with Crippen molar-refractivity contribution >= 4 is 17.5 Å². The summed E-state index contributed by atoms with van der Waals surface area (Å²) in [4.78, 5) is 25.5. The van der Waals surface area contributed by atoms with E-state index in [1.165, 1.54) is 37.9 Å². The molecule has 31 heavy (non-hydrogen) atoms. The fraction of sp³-hybridized carbons (Fsp3) is 0.522. The second-order valence-electron chi connectivity index (χ2n) is 8.35. The highest BCUT2D eigenvalue weighted by atomic mass is 16.5. The van der Waals surface area contributed by atoms with Crippen LogP contribution in [0.25, 0.3) is 0 Å². The van der Waals surface area contributed by atoms with Crippen LogP contribution in [0.2, 0.25) is 0 Å². The molecule has 0 unspecified atom stereocenters. The summed E-state index contributed by atoms with van der Waals surface area (Å²) in [7, 11) is 0. The highest BCUT2D eigenvalue weighted by Gasteiger charge is 2.27. The lowest BCUT2D eigenvalue weighted by Gasteiger charge is -2.29. The number of unbranched alkanes of at least 4 members (excludes halogenated alkanes) is 1. The van der Waals surface area contributed by atoms with Crippen LogP contribution in [0, 0.1) is 0 Å². The molecule has 0 saturated carbocycles. The zero-order valence-electron chi connectivity index (χ0n) is 18.3. The molecule has 0 spiro atoms. The number of nitrogens with one attached hydrogen (secondary N) is 1. The summed E-state index contributed by atoms with van der Waals surface area (Å²) in [6.45, 7) is 6.88. The van der Waals surface area contributed by atoms with Crippen LogP contribution < -0.4 is 15.8 Å². The van der Waals surface area contributed by atoms with Crippen molar-refractivity contribution in [3.8, 4) is 6.01 Å². The van der Waals surface area contributed by atoms with Crippen molar-refractivity contribution in [2.75, 3.05) is 30.7 Å². The number of carbonyl (C=O) groups is 1. The molecule has 1 saturated heterocycles. The van der Waals surface area contributed by atoms with Crippen molar-refractivity contribution in [2.45, 2.75) is 58.7 Å². The van der Waals surface area contributed by atoms with E-state index in [9.17, 15) is 4.79 Å². The van der Waals surface area contributed by atoms with Gasteiger partial charge >= 0.3 is 12.0 Å². The number of carbonyl (C=O) groups excluding carboxylic acids is 1. The minimum absolute atomic E-state index is 0.195. The first-order valence-corrected chi connectivity index (χ1v) is 11.3. The fourth-order valence-electron chi connectivity index (χ4n) is 4.04. The lowest BCUT2D eigenvalue weighted by Crippen LogP contribution is -2.39. The predicted molar refractivity (Wildman–Crippen MR) is 121 cm³/mol. The van der Waals surface area contributed by atoms with E-state index >= 15 is 0 Å². The Labute approximate surface area is 183 Å². The van der Waals surface area contributed by atoms with Crippen LogP contribution in [0.1, 0.15) is 55.8 Å². The second kappa shape index (κ2) is 9.96. The van der Waals surface area contributed by atoms with E-state index in [1.807, 2.05) is 0 Å². The number of nitrogens with two attached hydrogens (primary N) is 1. The first-order chi connectivity index (χ1) is 15.1. The Morgan fingerprint density at radius 3 is 2.48 bits per heavy atom. The van der Waals surface area contributed by atoms with Gasteiger partial charge in [-0.15, -0.1) is 0 Å². The average Bonchev–Trinajstić information content (AvgIpc) is 2.77. The van der Waals surface area contributed by atoms with Gasteiger partial charge in [0, 0.05) is 13.1 Å². The number of nitrogen functional groups attached to an aromatic ring is 1. The third-order valence-electron chi connectivity index (χ3n) is 5.83. The molecule has 1 fully saturated rings. The van der Waals surface area contributed by atoms with Crippen LogP contribution >= 0.6 is 0 Å². The van der Waals surface area contributed by atoms with Gasteiger partial charge in [-0.25, -0.2) is 4.79 Å². The topological polar surface area (TPSA) is 96.6 Å². The third-order valence-corrected chi connectivity index (χ3v) is 5.83. The van der Waals surface area contributed by atoms with Gasteiger partial charge in [-0.2, -0.15) is 9.97 Å². The third kappa shape index (κ3) is 5.44. The van der Waals surface area contributed by atoms with E-state index in [2.05, 4.69) is 51.4 Å². The van der Waals surface area contributed by atoms with Gasteiger partial charge in [-0.3, -0.25) is 4.90 Å². The number of fused-ring (bicyclic) bond motifs is 1. The lowest BCUT2D eigenvalue weighted by molar-refractivity contribution is 0.202. The molecular weight excluding hydrogens is 392 g/mol. The number of likely N-dealkylation sites (tertiary alicyclic amines) is 1. The zero-order chi connectivity index (χ0) is 21.6. The Balaban J connectivity index is 1.40. The number of amides is 2. The first kappa shape index (κ1) is 21.4. The number of aromatic nitrogens is 2. The maximum atomic E-state index is 12.6. The number of rotatable bonds is 8. The smallest absolute Gasteiger partial charge is 0.322 e. The van der Waals surface area contributed by atoms with Gasteiger partial charge in [0.2, 0.25) is 0 Å². The van der Waals surface area contributed by atoms with E-state index in [1.54, 1.807) is 4.90 Å². The number of hydrogen-bond donors (Lipinski definition) is 2. The van der Waals surface area contributed by atoms with Gasteiger partial charge in [-0.1, -0.05) is 44.0 Å². The van der Waals surface area contributed by atoms with E-state index in [0.717, 1.165) is 24.9 Å². The quantitative estimate of drug-likeness (QED) is 0.626. The number of nitrogens with zero attached hydrogens (tertiary/aromatic N) is 4. The summed E-state index contributed by atoms with van der Waals surface area (Å²) < 4.78 is 5.61. The molecule has 1 aromatic heterocycles. The molecule has 8 nitrogen and oxygen atoms in total. The Kier molecular flexibility index (Phi) is 6.86. The standard InChI is InChI=1S/C23H32N6O2/c1-2-3-13-31-22-25-19-16-29(23(30)26-20(19)21(24)27-22)15-18-9-7-17(8-10-18)14-28-11-5-4-6-12-28/h7-10H,2-6,11-16H2,1H3,(H,26,30)(H2,24,25,27). The van der Waals surface area contributed by atoms with Gasteiger partial charge < -0.3 is 20.7 Å². The second-order valence-corrected chi connectivity index (χ2v) is 8.35. The van der Waals surface area contributed by atoms with Gasteiger partial charge in [0.15, 0.2) is 5.82 Å². The number of anilines is 2. The predicted octanol–water partition coefficient (Wildman–Crippen LogP) is 3.77. The van der Waals surface area contributed by atoms with Crippen molar-refractivity contribution in [3.05, 3.63) is 41.1 Å². The van der Waals surface area contributed by atoms with E-state index in [4.69, 9.17) is 10.5 Å². The van der Waals surface area contributed by atoms with E-state index < -0.39 is 0 Å². The van der Waals surface area contributed by atoms with Crippen molar-refractivity contribution in [2.24, 2.45) is 0 Å². The van der Waals surface area contributed by atoms with Crippen LogP contribution in [-0.4, -0.2) is 45.5 Å². The van der Waals surface area contributed by atoms with Crippen molar-refractivity contribution < 1.29 is 9.53 Å². The van der Waals surface area contributed by atoms with Crippen LogP contribution in [-0.2, 0) is 19.6 Å². The SMILES string of the molecule is CCCCOc1nc(N)c2c(n1)CN(Cc1ccc(CN3CCCCC3)cc1)C(=O)N2. The number of piperidine rings is 1. The van der Waals surface area contributed by atoms with Gasteiger partial charge in [0.1, 0.15) is 5.69 Å². The van der Waals surface area contributed by atoms with Crippen LogP contribution in [0.4, 0.5) is 16.3 Å². The maximum Gasteiger partial charge on any atom is 0.322 e. The van der Waals surface area contributed by atoms with Crippen LogP contribution in [0.3, 0.4) is 0 Å². The molecule has 2 aliphatic rings. The zero-order valence-corrected chi connectivity index (χ0v) is 18.3. The molecule has 0 bridgehead atoms. The summed E-state index contributed by atoms with van der Waals surface area (Å²) in [5.41, 5.74) is 9.60. The maximum absolute atomic E-state index is 12.6. The normalized spacial score (nSPS) is 16.7. The van der Waals surface area contributed by atoms with Crippen LogP contribution in [0.5, 0.6) is 6.01 Å². The monoisotopic (exact) mass is 424 g/mol. The molecule has 1 aromatic carbocycles. The summed E-state index contributed by atoms with van der Waals surface area (Å²) in [5.74, 6) is 0.242. The summed E-state index contributed by atoms with van der Waals surface area (Å²) in [5, 5.41) is 2.83. The van der Waals surface area contributed by atoms with Gasteiger partial charge in [-0.05, 0) is 43.5 Å². The molecular formula is C23H32N6O2. The van der Waals surface area contributed by atoms with Gasteiger partial charge in [0.25, 0.3) is 0 Å². The summed E-state index contributed by atoms with van der Waals surface area (Å²) >= 11 is 0. The first-order valence-electron chi connectivity index (χ1n) is 11.3. The van der Waals surface area contributed by atoms with Gasteiger partial charge in [0.05, 0.1) is 18.8 Å². The van der Waals surface area contributed by atoms with E-state index in [-0.39, 0.29) is 17.9 Å². The summed E-state index contributed by atoms with van der Waals surface area (Å²) in [6, 6.07) is 8.62. The number of ether oxygens (including phenoxy) is 1. The molecule has 0 aliphatic carbocycles. The largest absolute Gasteiger partial charge is 0.463 e. The molecule has 4 rings (SSSR count). The van der Waals surface area contributed by atoms with Crippen molar-refractivity contribution in [3.63, 3.8) is 0 Å². The Bertz CT molecular complexity index is 896. The van der Waals surface area contributed by atoms with Crippen molar-refractivity contribution in [1.29, 1.82) is 0 Å². The molecule has 8 heteroatoms. The van der Waals surface area contributed by atoms with E-state index in [0.29, 0.717) is 31.1 Å². The summed E-state index contributed by atoms with van der Waals surface area (Å²) in [6.07, 6.45) is 5.89. The Morgan fingerprint density at radius 2 is 1.77 bits per heavy atom. The minimum Gasteiger partial charge on any atom is -0.463 e.